The van der Waals surface area contributed by atoms with Crippen LogP contribution in [-0.4, -0.2) is 196 Å². The van der Waals surface area contributed by atoms with Crippen molar-refractivity contribution >= 4 is 169 Å². The number of aromatic nitrogens is 2. The molecule has 0 aliphatic rings. The molecule has 0 fully saturated rings. The van der Waals surface area contributed by atoms with E-state index in [0.29, 0.717) is 24.2 Å². The highest BCUT2D eigenvalue weighted by Crippen LogP contribution is 2.50. The van der Waals surface area contributed by atoms with Crippen LogP contribution >= 0.6 is 42.3 Å². The van der Waals surface area contributed by atoms with E-state index in [-0.39, 0.29) is 94.5 Å². The minimum Gasteiger partial charge on any atom is -0.481 e. The van der Waals surface area contributed by atoms with E-state index in [4.69, 9.17) is 24.7 Å². The number of carbonyl (C=O) groups excluding carboxylic acids is 4. The molecule has 0 aliphatic heterocycles. The predicted molar refractivity (Wildman–Crippen MR) is 631 cm³/mol. The molecule has 0 spiro atoms. The maximum atomic E-state index is 14.0. The molecule has 0 bridgehead atoms. The number of carboxylic acids is 1. The second-order valence-corrected chi connectivity index (χ2v) is 79.3. The lowest BCUT2D eigenvalue weighted by atomic mass is 10.0. The topological polar surface area (TPSA) is 241 Å². The highest BCUT2D eigenvalue weighted by atomic mass is 31.2. The van der Waals surface area contributed by atoms with Crippen LogP contribution in [0.5, 0.6) is 0 Å². The third-order valence-electron chi connectivity index (χ3n) is 26.4. The normalized spacial score (nSPS) is 13.3. The van der Waals surface area contributed by atoms with Crippen LogP contribution in [0.15, 0.2) is 285 Å². The van der Waals surface area contributed by atoms with Crippen LogP contribution in [0.1, 0.15) is 144 Å². The number of ketones is 2. The number of nitrogens with zero attached hydrogens (tertiary/aromatic N) is 2. The molecule has 0 amide bonds. The van der Waals surface area contributed by atoms with Crippen molar-refractivity contribution in [3.8, 4) is 22.3 Å². The van der Waals surface area contributed by atoms with Gasteiger partial charge in [-0.3, -0.25) is 24.0 Å². The first-order valence-corrected chi connectivity index (χ1v) is 73.4. The number of carbonyl (C=O) groups is 5. The molecule has 28 heteroatoms. The lowest BCUT2D eigenvalue weighted by Gasteiger charge is -2.39. The van der Waals surface area contributed by atoms with E-state index in [0.717, 1.165) is 72.0 Å². The van der Waals surface area contributed by atoms with Gasteiger partial charge in [-0.25, -0.2) is 8.78 Å². The fourth-order valence-corrected chi connectivity index (χ4v) is 32.6. The third kappa shape index (κ3) is 36.6. The smallest absolute Gasteiger partial charge is 0.308 e. The number of para-hydroxylation sites is 2. The zero-order valence-electron chi connectivity index (χ0n) is 91.2. The van der Waals surface area contributed by atoms with Gasteiger partial charge in [0.25, 0.3) is 0 Å². The Bertz CT molecular complexity index is 6430. The van der Waals surface area contributed by atoms with Gasteiger partial charge in [0.05, 0.1) is 84.3 Å². The van der Waals surface area contributed by atoms with E-state index >= 15 is 0 Å². The molecule has 0 radical (unpaired) electrons. The number of aliphatic hydroxyl groups is 1. The number of methoxy groups -OCH3 is 1. The molecule has 12 rings (SSSR count). The molecule has 788 valence electrons. The highest BCUT2D eigenvalue weighted by Gasteiger charge is 2.44. The molecule has 2 N–H and O–H groups in total. The van der Waals surface area contributed by atoms with Crippen LogP contribution in [0.3, 0.4) is 0 Å². The molecule has 146 heavy (non-hydrogen) atoms. The number of carboxylic acid groups (broad SMARTS) is 1. The van der Waals surface area contributed by atoms with Gasteiger partial charge in [-0.15, -0.1) is 0 Å². The number of Topliss-reactive ketones (excluding diaryl/α,β-unsaturated/α-hetero) is 1. The van der Waals surface area contributed by atoms with E-state index in [9.17, 15) is 56.1 Å². The van der Waals surface area contributed by atoms with Crippen LogP contribution < -0.4 is 31.8 Å². The fraction of sp³-hybridized carbons (Fsp3) is 0.381. The van der Waals surface area contributed by atoms with Crippen LogP contribution in [-0.2, 0) is 55.5 Å². The second-order valence-electron chi connectivity index (χ2n) is 44.5. The lowest BCUT2D eigenvalue weighted by Crippen LogP contribution is -2.45. The van der Waals surface area contributed by atoms with Crippen molar-refractivity contribution in [1.29, 1.82) is 0 Å². The molecule has 17 nitrogen and oxygen atoms in total. The number of esters is 1. The van der Waals surface area contributed by atoms with Crippen molar-refractivity contribution in [3.63, 3.8) is 0 Å². The molecular weight excluding hydrogens is 1990 g/mol. The summed E-state index contributed by atoms with van der Waals surface area (Å²) in [6.45, 7) is 50.0. The van der Waals surface area contributed by atoms with E-state index in [1.165, 1.54) is 47.3 Å². The number of allylic oxidation sites excluding steroid dienone is 1. The molecule has 12 aromatic rings. The number of aldehydes is 1. The first-order chi connectivity index (χ1) is 67.8. The largest absolute Gasteiger partial charge is 0.481 e. The Morgan fingerprint density at radius 3 is 0.945 bits per heavy atom. The molecule has 0 saturated heterocycles. The number of hydrogen-bond acceptors (Lipinski definition) is 14. The maximum absolute atomic E-state index is 14.0. The monoisotopic (exact) mass is 2150 g/mol. The van der Waals surface area contributed by atoms with E-state index in [2.05, 4.69) is 264 Å². The molecule has 0 aliphatic carbocycles. The molecule has 2 aromatic heterocycles. The number of benzene rings is 10. The summed E-state index contributed by atoms with van der Waals surface area (Å²) in [5, 5.41) is 27.6. The van der Waals surface area contributed by atoms with Gasteiger partial charge in [0.1, 0.15) is 11.6 Å². The molecule has 0 saturated carbocycles. The average molecular weight is 2150 g/mol. The molecule has 10 aromatic carbocycles. The van der Waals surface area contributed by atoms with Gasteiger partial charge in [-0.05, 0) is 246 Å². The Balaban J connectivity index is 0.000000247. The Hall–Kier alpha value is -9.16. The number of halogens is 2. The Morgan fingerprint density at radius 1 is 0.390 bits per heavy atom. The summed E-state index contributed by atoms with van der Waals surface area (Å²) in [5.41, 5.74) is 7.21. The van der Waals surface area contributed by atoms with Crippen molar-refractivity contribution in [1.82, 2.24) is 9.13 Å². The number of rotatable bonds is 36. The van der Waals surface area contributed by atoms with Crippen LogP contribution in [0.25, 0.3) is 50.1 Å². The SMILES string of the molecule is C=P(c1ccccc1)(c1ccccc1)c1ccccc1.CC(C)(C)[Si](C)(C)O[C@H](CC(=O)C=P(c1ccccc1)(c1ccccc1)c1ccccc1)CP(C)(C)=O.CC(C)(C)[Si](C)(C)O[C@H](CC(=O)O)CP(C)(C)=O.CC(C)n1c(/C=C/C(=O)C[C@H](CP(C)(C)=O)O[Si](C)(C)C(C)(C)C)c(-c2ccc(F)cc2)c2ccccc21.CC(C)n1c(C=O)c(-c2ccc(F)cc2)c2ccccc21.COC(=O)C[C@@H](O)CP(C)(C)=O. The van der Waals surface area contributed by atoms with Gasteiger partial charge in [-0.2, -0.15) is 0 Å². The number of hydrogen-bond donors (Lipinski definition) is 2. The van der Waals surface area contributed by atoms with E-state index in [1.807, 2.05) is 121 Å². The van der Waals surface area contributed by atoms with Crippen LogP contribution in [0, 0.1) is 11.6 Å². The molecule has 2 heterocycles. The lowest BCUT2D eigenvalue weighted by molar-refractivity contribution is -0.142. The number of fused-ring (bicyclic) bond motifs is 2. The Morgan fingerprint density at radius 2 is 0.664 bits per heavy atom. The maximum Gasteiger partial charge on any atom is 0.308 e. The number of aliphatic hydroxyl groups excluding tert-OH is 1. The Labute approximate surface area is 873 Å². The summed E-state index contributed by atoms with van der Waals surface area (Å²) in [6, 6.07) is 92.2. The zero-order valence-corrected chi connectivity index (χ0v) is 99.6. The first kappa shape index (κ1) is 124. The van der Waals surface area contributed by atoms with Crippen molar-refractivity contribution in [2.45, 2.75) is 207 Å². The molecule has 0 unspecified atom stereocenters. The first-order valence-electron chi connectivity index (χ1n) is 49.7. The summed E-state index contributed by atoms with van der Waals surface area (Å²) in [5.74, 6) is 0.0214. The van der Waals surface area contributed by atoms with Crippen molar-refractivity contribution in [2.24, 2.45) is 0 Å². The summed E-state index contributed by atoms with van der Waals surface area (Å²) < 4.78 is 104. The van der Waals surface area contributed by atoms with Crippen LogP contribution in [0.2, 0.25) is 54.4 Å². The summed E-state index contributed by atoms with van der Waals surface area (Å²) in [7, 11) is -14.4. The van der Waals surface area contributed by atoms with E-state index < -0.39 is 91.4 Å². The van der Waals surface area contributed by atoms with Gasteiger partial charge >= 0.3 is 11.9 Å². The second kappa shape index (κ2) is 53.5. The van der Waals surface area contributed by atoms with Gasteiger partial charge in [-0.1, -0.05) is 311 Å². The summed E-state index contributed by atoms with van der Waals surface area (Å²) in [6.07, 6.45) is 8.59. The van der Waals surface area contributed by atoms with E-state index in [1.54, 1.807) is 83.7 Å². The van der Waals surface area contributed by atoms with Gasteiger partial charge in [0.15, 0.2) is 42.8 Å². The highest BCUT2D eigenvalue weighted by molar-refractivity contribution is 7.95. The molecule has 4 atom stereocenters. The zero-order chi connectivity index (χ0) is 109. The molecular formula is C118H160F2N2O15P6Si3. The standard InChI is InChI=1S/C31H43FNO3PSi.C31H42O3P2Si.C19H17P.C18H16FNO.C12H27O4PSi.C7H15O4P/c1-22(2)33-28-13-11-10-12-27(28)30(23-14-16-24(32)17-15-23)29(33)19-18-25(34)20-26(21-37(6,7)35)36-38(8,9)31(3,4)5;1-31(2,3)37(6,7)34-27(25-35(4,5)33)23-26(32)24-36(28-17-11-8-12-18-28,29-19-13-9-14-20-29)30-21-15-10-16-22-30;1-20(17-11-5-2-6-12-17,18-13-7-3-8-14-18)19-15-9-4-10-16-19;1-12(2)20-16-6-4-3-5-15(16)18(17(20)11-21)13-7-9-14(19)10-8-13;1-12(2,3)18(6,7)16-10(8-11(13)14)9-17(4,5)15;1-11-7(9)4-6(8)5-12(2,3)10/h10-19,22,26H,20-21H2,1-9H3;8-22,24,27H,23,25H2,1-7H3;2-16H,1H2;3-12H,1-2H3;10H,8-9H2,1-7H3,(H,13,14);6,8H,4-5H2,1-3H3/b19-18+;;;;;/t26-;27-;;;10-;6-/m11..11/s1. The van der Waals surface area contributed by atoms with Crippen molar-refractivity contribution in [2.75, 3.05) is 85.1 Å². The van der Waals surface area contributed by atoms with Crippen LogP contribution in [0.4, 0.5) is 8.78 Å². The number of ether oxygens (including phenoxy) is 1. The van der Waals surface area contributed by atoms with Gasteiger partial charge in [0, 0.05) is 82.5 Å². The Kier molecular flexibility index (Phi) is 45.4. The average Bonchev–Trinajstić information content (AvgIpc) is 1.24. The van der Waals surface area contributed by atoms with Gasteiger partial charge in [0.2, 0.25) is 0 Å². The fourth-order valence-electron chi connectivity index (χ4n) is 16.6. The summed E-state index contributed by atoms with van der Waals surface area (Å²) in [4.78, 5) is 60.5. The number of aliphatic carboxylic acids is 1. The third-order valence-corrected chi connectivity index (χ3v) is 52.7. The minimum atomic E-state index is -2.40. The minimum absolute atomic E-state index is 0.00163. The van der Waals surface area contributed by atoms with Crippen molar-refractivity contribution in [3.05, 3.63) is 308 Å². The van der Waals surface area contributed by atoms with Gasteiger partial charge < -0.3 is 55.6 Å². The summed E-state index contributed by atoms with van der Waals surface area (Å²) >= 11 is 0. The van der Waals surface area contributed by atoms with Crippen molar-refractivity contribution < 1.29 is 79.2 Å². The quantitative estimate of drug-likeness (QED) is 0.0122. The predicted octanol–water partition coefficient (Wildman–Crippen LogP) is 28.0.